The lowest BCUT2D eigenvalue weighted by Crippen LogP contribution is -2.23. The molecular formula is C16H16N6O. The Kier molecular flexibility index (Phi) is 3.38. The summed E-state index contributed by atoms with van der Waals surface area (Å²) in [7, 11) is 0. The second-order valence-electron chi connectivity index (χ2n) is 5.52. The first-order chi connectivity index (χ1) is 11.3. The van der Waals surface area contributed by atoms with Crippen LogP contribution in [0.4, 0.5) is 11.5 Å². The van der Waals surface area contributed by atoms with Gasteiger partial charge in [-0.05, 0) is 24.1 Å². The number of nitrogens with one attached hydrogen (secondary N) is 2. The number of carbonyl (C=O) groups excluding carboxylic acids is 1. The number of fused-ring (bicyclic) bond motifs is 1. The molecule has 3 aromatic rings. The van der Waals surface area contributed by atoms with Gasteiger partial charge in [-0.3, -0.25) is 9.89 Å². The molecule has 23 heavy (non-hydrogen) atoms. The van der Waals surface area contributed by atoms with Gasteiger partial charge >= 0.3 is 0 Å². The van der Waals surface area contributed by atoms with Crippen LogP contribution in [0.1, 0.15) is 18.4 Å². The van der Waals surface area contributed by atoms with Crippen LogP contribution >= 0.6 is 0 Å². The fourth-order valence-corrected chi connectivity index (χ4v) is 2.81. The third-order valence-corrected chi connectivity index (χ3v) is 4.03. The molecule has 0 radical (unpaired) electrons. The lowest BCUT2D eigenvalue weighted by atomic mass is 10.2. The van der Waals surface area contributed by atoms with Crippen LogP contribution in [0.5, 0.6) is 0 Å². The average molecular weight is 308 g/mol. The molecule has 1 saturated heterocycles. The van der Waals surface area contributed by atoms with Crippen molar-refractivity contribution in [2.24, 2.45) is 0 Å². The standard InChI is InChI=1S/C16H16N6O/c23-14-2-1-7-22(14)12-5-3-11(4-6-12)8-17-15-13-9-20-21-16(13)19-10-18-15/h3-6,9-10H,1-2,7-8H2,(H2,17,18,19,20,21). The first-order valence-electron chi connectivity index (χ1n) is 7.58. The number of benzene rings is 1. The molecule has 1 amide bonds. The van der Waals surface area contributed by atoms with Crippen molar-refractivity contribution in [3.63, 3.8) is 0 Å². The molecule has 116 valence electrons. The van der Waals surface area contributed by atoms with Crippen LogP contribution in [-0.4, -0.2) is 32.6 Å². The summed E-state index contributed by atoms with van der Waals surface area (Å²) in [5.41, 5.74) is 2.80. The van der Waals surface area contributed by atoms with Crippen molar-refractivity contribution >= 4 is 28.4 Å². The van der Waals surface area contributed by atoms with Gasteiger partial charge < -0.3 is 10.2 Å². The highest BCUT2D eigenvalue weighted by Gasteiger charge is 2.21. The lowest BCUT2D eigenvalue weighted by Gasteiger charge is -2.16. The van der Waals surface area contributed by atoms with Gasteiger partial charge in [0.1, 0.15) is 12.1 Å². The number of anilines is 2. The molecule has 7 heteroatoms. The quantitative estimate of drug-likeness (QED) is 0.770. The van der Waals surface area contributed by atoms with Crippen LogP contribution < -0.4 is 10.2 Å². The van der Waals surface area contributed by atoms with E-state index in [-0.39, 0.29) is 5.91 Å². The van der Waals surface area contributed by atoms with Crippen molar-refractivity contribution in [3.05, 3.63) is 42.4 Å². The summed E-state index contributed by atoms with van der Waals surface area (Å²) in [5.74, 6) is 0.960. The number of nitrogens with zero attached hydrogens (tertiary/aromatic N) is 4. The van der Waals surface area contributed by atoms with E-state index in [4.69, 9.17) is 0 Å². The zero-order chi connectivity index (χ0) is 15.6. The van der Waals surface area contributed by atoms with Crippen LogP contribution in [0.25, 0.3) is 11.0 Å². The van der Waals surface area contributed by atoms with Crippen LogP contribution in [0.15, 0.2) is 36.8 Å². The molecule has 0 saturated carbocycles. The second-order valence-corrected chi connectivity index (χ2v) is 5.52. The van der Waals surface area contributed by atoms with E-state index in [1.54, 1.807) is 6.20 Å². The first kappa shape index (κ1) is 13.7. The number of amides is 1. The van der Waals surface area contributed by atoms with Crippen LogP contribution in [0.3, 0.4) is 0 Å². The summed E-state index contributed by atoms with van der Waals surface area (Å²) in [6.45, 7) is 1.46. The zero-order valence-electron chi connectivity index (χ0n) is 12.5. The smallest absolute Gasteiger partial charge is 0.227 e. The van der Waals surface area contributed by atoms with Gasteiger partial charge in [0.05, 0.1) is 11.6 Å². The highest BCUT2D eigenvalue weighted by atomic mass is 16.2. The molecule has 1 aromatic carbocycles. The van der Waals surface area contributed by atoms with E-state index in [0.29, 0.717) is 18.6 Å². The van der Waals surface area contributed by atoms with E-state index < -0.39 is 0 Å². The Bertz CT molecular complexity index is 841. The number of H-pyrrole nitrogens is 1. The number of hydrogen-bond acceptors (Lipinski definition) is 5. The Hall–Kier alpha value is -2.96. The topological polar surface area (TPSA) is 86.8 Å². The number of carbonyl (C=O) groups is 1. The molecule has 0 atom stereocenters. The minimum absolute atomic E-state index is 0.208. The number of aromatic nitrogens is 4. The highest BCUT2D eigenvalue weighted by molar-refractivity contribution is 5.95. The maximum absolute atomic E-state index is 11.8. The fraction of sp³-hybridized carbons (Fsp3) is 0.250. The fourth-order valence-electron chi connectivity index (χ4n) is 2.81. The van der Waals surface area contributed by atoms with Crippen molar-refractivity contribution in [1.82, 2.24) is 20.2 Å². The summed E-state index contributed by atoms with van der Waals surface area (Å²) in [6, 6.07) is 8.05. The summed E-state index contributed by atoms with van der Waals surface area (Å²) < 4.78 is 0. The Balaban J connectivity index is 1.47. The average Bonchev–Trinajstić information content (AvgIpc) is 3.22. The van der Waals surface area contributed by atoms with Crippen molar-refractivity contribution in [2.45, 2.75) is 19.4 Å². The Labute approximate surface area is 132 Å². The SMILES string of the molecule is O=C1CCCN1c1ccc(CNc2ncnc3[nH]ncc23)cc1. The Morgan fingerprint density at radius 1 is 1.22 bits per heavy atom. The van der Waals surface area contributed by atoms with Gasteiger partial charge in [0.2, 0.25) is 5.91 Å². The predicted octanol–water partition coefficient (Wildman–Crippen LogP) is 2.09. The van der Waals surface area contributed by atoms with Crippen molar-refractivity contribution in [2.75, 3.05) is 16.8 Å². The van der Waals surface area contributed by atoms with Crippen LogP contribution in [0.2, 0.25) is 0 Å². The second kappa shape index (κ2) is 5.68. The maximum Gasteiger partial charge on any atom is 0.227 e. The monoisotopic (exact) mass is 308 g/mol. The summed E-state index contributed by atoms with van der Waals surface area (Å²) in [4.78, 5) is 22.0. The molecule has 1 aliphatic heterocycles. The summed E-state index contributed by atoms with van der Waals surface area (Å²) in [5, 5.41) is 11.0. The molecule has 1 fully saturated rings. The molecular weight excluding hydrogens is 292 g/mol. The highest BCUT2D eigenvalue weighted by Crippen LogP contribution is 2.22. The maximum atomic E-state index is 11.8. The zero-order valence-corrected chi connectivity index (χ0v) is 12.5. The van der Waals surface area contributed by atoms with Gasteiger partial charge in [-0.15, -0.1) is 0 Å². The lowest BCUT2D eigenvalue weighted by molar-refractivity contribution is -0.117. The van der Waals surface area contributed by atoms with Gasteiger partial charge in [-0.2, -0.15) is 5.10 Å². The third kappa shape index (κ3) is 2.61. The molecule has 4 rings (SSSR count). The van der Waals surface area contributed by atoms with E-state index >= 15 is 0 Å². The van der Waals surface area contributed by atoms with Gasteiger partial charge in [-0.25, -0.2) is 9.97 Å². The molecule has 2 aromatic heterocycles. The Morgan fingerprint density at radius 3 is 2.87 bits per heavy atom. The van der Waals surface area contributed by atoms with E-state index in [1.807, 2.05) is 29.2 Å². The van der Waals surface area contributed by atoms with Crippen LogP contribution in [0, 0.1) is 0 Å². The number of aromatic amines is 1. The van der Waals surface area contributed by atoms with Gasteiger partial charge in [-0.1, -0.05) is 12.1 Å². The minimum atomic E-state index is 0.208. The Morgan fingerprint density at radius 2 is 2.09 bits per heavy atom. The molecule has 7 nitrogen and oxygen atoms in total. The van der Waals surface area contributed by atoms with E-state index in [9.17, 15) is 4.79 Å². The molecule has 0 spiro atoms. The normalized spacial score (nSPS) is 14.6. The number of rotatable bonds is 4. The third-order valence-electron chi connectivity index (χ3n) is 4.03. The predicted molar refractivity (Wildman–Crippen MR) is 87.0 cm³/mol. The molecule has 0 bridgehead atoms. The molecule has 1 aliphatic rings. The largest absolute Gasteiger partial charge is 0.365 e. The van der Waals surface area contributed by atoms with Crippen LogP contribution in [-0.2, 0) is 11.3 Å². The minimum Gasteiger partial charge on any atom is -0.365 e. The molecule has 0 aliphatic carbocycles. The molecule has 2 N–H and O–H groups in total. The van der Waals surface area contributed by atoms with Crippen molar-refractivity contribution in [3.8, 4) is 0 Å². The molecule has 3 heterocycles. The van der Waals surface area contributed by atoms with Gasteiger partial charge in [0, 0.05) is 25.2 Å². The van der Waals surface area contributed by atoms with Crippen molar-refractivity contribution < 1.29 is 4.79 Å². The van der Waals surface area contributed by atoms with Gasteiger partial charge in [0.15, 0.2) is 5.65 Å². The van der Waals surface area contributed by atoms with Gasteiger partial charge in [0.25, 0.3) is 0 Å². The van der Waals surface area contributed by atoms with E-state index in [2.05, 4.69) is 25.5 Å². The number of hydrogen-bond donors (Lipinski definition) is 2. The van der Waals surface area contributed by atoms with E-state index in [0.717, 1.165) is 35.4 Å². The summed E-state index contributed by atoms with van der Waals surface area (Å²) >= 11 is 0. The summed E-state index contributed by atoms with van der Waals surface area (Å²) in [6.07, 6.45) is 4.80. The first-order valence-corrected chi connectivity index (χ1v) is 7.58. The van der Waals surface area contributed by atoms with Crippen molar-refractivity contribution in [1.29, 1.82) is 0 Å². The molecule has 0 unspecified atom stereocenters. The van der Waals surface area contributed by atoms with E-state index in [1.165, 1.54) is 6.33 Å².